The standard InChI is InChI=1S/C13H27N3O4/c1-5-10(2)11(12(17)18)15-13(19)14-6-8-20-9-7-16(3)4/h10-11H,5-9H2,1-4H3,(H,17,18)(H2,14,15,19). The third-order valence-corrected chi connectivity index (χ3v) is 2.98. The molecule has 2 unspecified atom stereocenters. The fourth-order valence-electron chi connectivity index (χ4n) is 1.46. The number of carboxylic acid groups (broad SMARTS) is 1. The number of nitrogens with zero attached hydrogens (tertiary/aromatic N) is 1. The van der Waals surface area contributed by atoms with E-state index in [1.165, 1.54) is 0 Å². The summed E-state index contributed by atoms with van der Waals surface area (Å²) in [5, 5.41) is 14.1. The maximum Gasteiger partial charge on any atom is 0.326 e. The quantitative estimate of drug-likeness (QED) is 0.505. The number of carboxylic acids is 1. The highest BCUT2D eigenvalue weighted by Gasteiger charge is 2.24. The highest BCUT2D eigenvalue weighted by atomic mass is 16.5. The molecular weight excluding hydrogens is 262 g/mol. The Morgan fingerprint density at radius 2 is 1.95 bits per heavy atom. The lowest BCUT2D eigenvalue weighted by molar-refractivity contribution is -0.140. The van der Waals surface area contributed by atoms with Crippen LogP contribution < -0.4 is 10.6 Å². The van der Waals surface area contributed by atoms with Gasteiger partial charge in [-0.15, -0.1) is 0 Å². The summed E-state index contributed by atoms with van der Waals surface area (Å²) in [5.74, 6) is -1.13. The molecule has 0 aromatic rings. The van der Waals surface area contributed by atoms with Gasteiger partial charge in [-0.25, -0.2) is 9.59 Å². The summed E-state index contributed by atoms with van der Waals surface area (Å²) in [6.07, 6.45) is 0.685. The minimum Gasteiger partial charge on any atom is -0.480 e. The number of ether oxygens (including phenoxy) is 1. The van der Waals surface area contributed by atoms with Crippen LogP contribution in [0.4, 0.5) is 4.79 Å². The molecular formula is C13H27N3O4. The van der Waals surface area contributed by atoms with Crippen molar-refractivity contribution in [2.24, 2.45) is 5.92 Å². The lowest BCUT2D eigenvalue weighted by atomic mass is 9.99. The Kier molecular flexibility index (Phi) is 9.75. The Bertz CT molecular complexity index is 297. The van der Waals surface area contributed by atoms with E-state index in [9.17, 15) is 9.59 Å². The van der Waals surface area contributed by atoms with Crippen LogP contribution >= 0.6 is 0 Å². The molecule has 0 bridgehead atoms. The molecule has 7 nitrogen and oxygen atoms in total. The second kappa shape index (κ2) is 10.4. The normalized spacial score (nSPS) is 13.8. The summed E-state index contributed by atoms with van der Waals surface area (Å²) in [4.78, 5) is 24.6. The summed E-state index contributed by atoms with van der Waals surface area (Å²) in [7, 11) is 3.91. The SMILES string of the molecule is CCC(C)C(NC(=O)NCCOCCN(C)C)C(=O)O. The summed E-state index contributed by atoms with van der Waals surface area (Å²) < 4.78 is 5.32. The first-order valence-corrected chi connectivity index (χ1v) is 6.88. The van der Waals surface area contributed by atoms with Crippen LogP contribution in [0.1, 0.15) is 20.3 Å². The molecule has 0 spiro atoms. The van der Waals surface area contributed by atoms with Crippen LogP contribution in [0.5, 0.6) is 0 Å². The number of carbonyl (C=O) groups is 2. The zero-order valence-corrected chi connectivity index (χ0v) is 12.8. The molecule has 0 fully saturated rings. The Labute approximate surface area is 120 Å². The smallest absolute Gasteiger partial charge is 0.326 e. The molecule has 0 rings (SSSR count). The molecule has 0 aromatic carbocycles. The van der Waals surface area contributed by atoms with Crippen molar-refractivity contribution in [3.05, 3.63) is 0 Å². The van der Waals surface area contributed by atoms with Crippen molar-refractivity contribution in [3.63, 3.8) is 0 Å². The molecule has 0 heterocycles. The van der Waals surface area contributed by atoms with Gasteiger partial charge in [-0.2, -0.15) is 0 Å². The van der Waals surface area contributed by atoms with Crippen molar-refractivity contribution in [2.75, 3.05) is 40.4 Å². The molecule has 0 aliphatic heterocycles. The maximum absolute atomic E-state index is 11.6. The van der Waals surface area contributed by atoms with Crippen LogP contribution in [0.2, 0.25) is 0 Å². The number of aliphatic carboxylic acids is 1. The number of likely N-dealkylation sites (N-methyl/N-ethyl adjacent to an activating group) is 1. The summed E-state index contributed by atoms with van der Waals surface area (Å²) in [5.41, 5.74) is 0. The van der Waals surface area contributed by atoms with Crippen LogP contribution in [-0.4, -0.2) is 68.4 Å². The van der Waals surface area contributed by atoms with E-state index in [4.69, 9.17) is 9.84 Å². The summed E-state index contributed by atoms with van der Waals surface area (Å²) in [6, 6.07) is -1.34. The van der Waals surface area contributed by atoms with Gasteiger partial charge >= 0.3 is 12.0 Å². The highest BCUT2D eigenvalue weighted by molar-refractivity contribution is 5.82. The Balaban J connectivity index is 3.83. The number of carbonyl (C=O) groups excluding carboxylic acids is 1. The number of amides is 2. The predicted molar refractivity (Wildman–Crippen MR) is 76.8 cm³/mol. The van der Waals surface area contributed by atoms with Gasteiger partial charge in [-0.1, -0.05) is 20.3 Å². The summed E-state index contributed by atoms with van der Waals surface area (Å²) in [6.45, 7) is 5.86. The molecule has 0 aliphatic carbocycles. The van der Waals surface area contributed by atoms with E-state index in [1.807, 2.05) is 25.9 Å². The van der Waals surface area contributed by atoms with Gasteiger partial charge < -0.3 is 25.4 Å². The summed E-state index contributed by atoms with van der Waals surface area (Å²) >= 11 is 0. The first kappa shape index (κ1) is 18.7. The van der Waals surface area contributed by atoms with Crippen molar-refractivity contribution in [1.29, 1.82) is 0 Å². The lowest BCUT2D eigenvalue weighted by Gasteiger charge is -2.20. The van der Waals surface area contributed by atoms with Crippen LogP contribution in [0, 0.1) is 5.92 Å². The first-order chi connectivity index (χ1) is 9.38. The Hall–Kier alpha value is -1.34. The molecule has 0 aliphatic rings. The van der Waals surface area contributed by atoms with E-state index < -0.39 is 18.0 Å². The number of hydrogen-bond acceptors (Lipinski definition) is 4. The zero-order valence-electron chi connectivity index (χ0n) is 12.8. The van der Waals surface area contributed by atoms with Crippen molar-refractivity contribution < 1.29 is 19.4 Å². The van der Waals surface area contributed by atoms with Crippen molar-refractivity contribution >= 4 is 12.0 Å². The van der Waals surface area contributed by atoms with E-state index in [0.29, 0.717) is 26.2 Å². The number of rotatable bonds is 10. The van der Waals surface area contributed by atoms with Crippen molar-refractivity contribution in [3.8, 4) is 0 Å². The average Bonchev–Trinajstić information content (AvgIpc) is 2.38. The molecule has 0 saturated carbocycles. The second-order valence-electron chi connectivity index (χ2n) is 5.02. The molecule has 20 heavy (non-hydrogen) atoms. The Morgan fingerprint density at radius 1 is 1.30 bits per heavy atom. The molecule has 3 N–H and O–H groups in total. The molecule has 0 saturated heterocycles. The third kappa shape index (κ3) is 8.71. The van der Waals surface area contributed by atoms with Gasteiger partial charge in [0, 0.05) is 13.1 Å². The van der Waals surface area contributed by atoms with Crippen molar-refractivity contribution in [2.45, 2.75) is 26.3 Å². The fourth-order valence-corrected chi connectivity index (χ4v) is 1.46. The fraction of sp³-hybridized carbons (Fsp3) is 0.846. The zero-order chi connectivity index (χ0) is 15.5. The van der Waals surface area contributed by atoms with Gasteiger partial charge in [0.2, 0.25) is 0 Å². The highest BCUT2D eigenvalue weighted by Crippen LogP contribution is 2.07. The van der Waals surface area contributed by atoms with Gasteiger partial charge in [0.15, 0.2) is 0 Å². The third-order valence-electron chi connectivity index (χ3n) is 2.98. The van der Waals surface area contributed by atoms with E-state index in [2.05, 4.69) is 10.6 Å². The van der Waals surface area contributed by atoms with Gasteiger partial charge in [0.1, 0.15) is 6.04 Å². The van der Waals surface area contributed by atoms with Crippen LogP contribution in [0.25, 0.3) is 0 Å². The molecule has 0 aromatic heterocycles. The molecule has 7 heteroatoms. The molecule has 2 amide bonds. The maximum atomic E-state index is 11.6. The largest absolute Gasteiger partial charge is 0.480 e. The van der Waals surface area contributed by atoms with Gasteiger partial charge in [0.05, 0.1) is 13.2 Å². The average molecular weight is 289 g/mol. The minimum absolute atomic E-state index is 0.116. The topological polar surface area (TPSA) is 90.9 Å². The van der Waals surface area contributed by atoms with Crippen LogP contribution in [0.15, 0.2) is 0 Å². The van der Waals surface area contributed by atoms with Crippen molar-refractivity contribution in [1.82, 2.24) is 15.5 Å². The van der Waals surface area contributed by atoms with Crippen LogP contribution in [-0.2, 0) is 9.53 Å². The Morgan fingerprint density at radius 3 is 2.45 bits per heavy atom. The lowest BCUT2D eigenvalue weighted by Crippen LogP contribution is -2.49. The van der Waals surface area contributed by atoms with Gasteiger partial charge in [-0.05, 0) is 20.0 Å². The van der Waals surface area contributed by atoms with E-state index >= 15 is 0 Å². The molecule has 2 atom stereocenters. The van der Waals surface area contributed by atoms with E-state index in [0.717, 1.165) is 6.54 Å². The predicted octanol–water partition coefficient (Wildman–Crippen LogP) is 0.363. The number of urea groups is 1. The monoisotopic (exact) mass is 289 g/mol. The van der Waals surface area contributed by atoms with E-state index in [1.54, 1.807) is 6.92 Å². The first-order valence-electron chi connectivity index (χ1n) is 6.88. The number of nitrogens with one attached hydrogen (secondary N) is 2. The van der Waals surface area contributed by atoms with Gasteiger partial charge in [-0.3, -0.25) is 0 Å². The van der Waals surface area contributed by atoms with Gasteiger partial charge in [0.25, 0.3) is 0 Å². The number of hydrogen-bond donors (Lipinski definition) is 3. The second-order valence-corrected chi connectivity index (χ2v) is 5.02. The minimum atomic E-state index is -1.02. The molecule has 118 valence electrons. The van der Waals surface area contributed by atoms with E-state index in [-0.39, 0.29) is 5.92 Å². The molecule has 0 radical (unpaired) electrons. The van der Waals surface area contributed by atoms with Crippen LogP contribution in [0.3, 0.4) is 0 Å².